The van der Waals surface area contributed by atoms with Crippen LogP contribution in [0.15, 0.2) is 0 Å². The topological polar surface area (TPSA) is 9.72 Å². The van der Waals surface area contributed by atoms with Gasteiger partial charge in [0.05, 0.1) is 0 Å². The highest BCUT2D eigenvalue weighted by Gasteiger charge is 2.45. The third-order valence-electron chi connectivity index (χ3n) is 3.84. The molecule has 0 aliphatic carbocycles. The van der Waals surface area contributed by atoms with Crippen LogP contribution in [0.4, 0.5) is 0 Å². The first-order chi connectivity index (χ1) is 8.04. The second kappa shape index (κ2) is 8.24. The fraction of sp³-hybridized carbons (Fsp3) is 1.00. The van der Waals surface area contributed by atoms with Gasteiger partial charge in [-0.1, -0.05) is 41.0 Å². The monoisotopic (exact) mass is 259 g/mol. The summed E-state index contributed by atoms with van der Waals surface area (Å²) >= 11 is 0. The van der Waals surface area contributed by atoms with Crippen molar-refractivity contribution in [2.45, 2.75) is 47.1 Å². The van der Waals surface area contributed by atoms with Crippen molar-refractivity contribution < 1.29 is 0 Å². The number of hydrogen-bond acceptors (Lipinski definition) is 3. The molecule has 17 heavy (non-hydrogen) atoms. The maximum atomic E-state index is 2.73. The zero-order valence-corrected chi connectivity index (χ0v) is 14.1. The molecule has 0 saturated heterocycles. The molecule has 0 aromatic carbocycles. The van der Waals surface area contributed by atoms with E-state index in [4.69, 9.17) is 0 Å². The molecule has 0 unspecified atom stereocenters. The maximum Gasteiger partial charge on any atom is 0.289 e. The smallest absolute Gasteiger partial charge is 0.289 e. The van der Waals surface area contributed by atoms with Crippen LogP contribution < -0.4 is 0 Å². The van der Waals surface area contributed by atoms with E-state index in [9.17, 15) is 0 Å². The van der Waals surface area contributed by atoms with E-state index in [-0.39, 0.29) is 0 Å². The summed E-state index contributed by atoms with van der Waals surface area (Å²) in [4.78, 5) is 0. The minimum Gasteiger partial charge on any atom is -0.305 e. The summed E-state index contributed by atoms with van der Waals surface area (Å²) in [6.07, 6.45) is 1.28. The standard InChI is InChI=1S/C13H33N3Si/c1-8-13-17(14(6)7,15(9-2)10-3)16(11-4)12-5/h8-13H2,1-7H3. The van der Waals surface area contributed by atoms with Crippen LogP contribution in [-0.2, 0) is 0 Å². The summed E-state index contributed by atoms with van der Waals surface area (Å²) in [5, 5.41) is 0. The largest absolute Gasteiger partial charge is 0.305 e. The van der Waals surface area contributed by atoms with E-state index < -0.39 is 8.56 Å². The first-order valence-electron chi connectivity index (χ1n) is 7.22. The molecule has 0 aliphatic heterocycles. The predicted molar refractivity (Wildman–Crippen MR) is 80.4 cm³/mol. The Morgan fingerprint density at radius 1 is 0.706 bits per heavy atom. The van der Waals surface area contributed by atoms with Crippen LogP contribution in [0.2, 0.25) is 6.04 Å². The molecule has 4 heteroatoms. The van der Waals surface area contributed by atoms with Crippen LogP contribution in [0.3, 0.4) is 0 Å². The lowest BCUT2D eigenvalue weighted by Crippen LogP contribution is -2.73. The van der Waals surface area contributed by atoms with Crippen molar-refractivity contribution in [1.82, 2.24) is 13.7 Å². The molecule has 3 nitrogen and oxygen atoms in total. The average molecular weight is 260 g/mol. The average Bonchev–Trinajstić information content (AvgIpc) is 2.31. The Balaban J connectivity index is 5.37. The van der Waals surface area contributed by atoms with Gasteiger partial charge in [0.25, 0.3) is 8.56 Å². The van der Waals surface area contributed by atoms with Crippen molar-refractivity contribution in [2.24, 2.45) is 0 Å². The van der Waals surface area contributed by atoms with E-state index >= 15 is 0 Å². The van der Waals surface area contributed by atoms with Crippen LogP contribution >= 0.6 is 0 Å². The number of nitrogens with zero attached hydrogens (tertiary/aromatic N) is 3. The Bertz CT molecular complexity index is 177. The lowest BCUT2D eigenvalue weighted by molar-refractivity contribution is 0.288. The van der Waals surface area contributed by atoms with Crippen LogP contribution in [0, 0.1) is 0 Å². The van der Waals surface area contributed by atoms with Crippen LogP contribution in [0.25, 0.3) is 0 Å². The van der Waals surface area contributed by atoms with Gasteiger partial charge in [-0.25, -0.2) is 0 Å². The molecule has 0 aliphatic rings. The van der Waals surface area contributed by atoms with Crippen LogP contribution in [0.1, 0.15) is 41.0 Å². The quantitative estimate of drug-likeness (QED) is 0.589. The van der Waals surface area contributed by atoms with Gasteiger partial charge in [0.15, 0.2) is 0 Å². The normalized spacial score (nSPS) is 13.1. The zero-order valence-electron chi connectivity index (χ0n) is 13.1. The van der Waals surface area contributed by atoms with E-state index in [1.54, 1.807) is 0 Å². The van der Waals surface area contributed by atoms with Crippen molar-refractivity contribution in [3.8, 4) is 0 Å². The molecule has 0 heterocycles. The van der Waals surface area contributed by atoms with Crippen molar-refractivity contribution in [2.75, 3.05) is 40.3 Å². The molecule has 0 bridgehead atoms. The molecule has 0 rings (SSSR count). The second-order valence-electron chi connectivity index (χ2n) is 4.76. The van der Waals surface area contributed by atoms with Gasteiger partial charge < -0.3 is 4.57 Å². The van der Waals surface area contributed by atoms with Crippen LogP contribution in [-0.4, -0.2) is 62.5 Å². The summed E-state index contributed by atoms with van der Waals surface area (Å²) < 4.78 is 7.99. The van der Waals surface area contributed by atoms with E-state index in [1.807, 2.05) is 0 Å². The molecule has 0 spiro atoms. The van der Waals surface area contributed by atoms with Crippen molar-refractivity contribution in [3.05, 3.63) is 0 Å². The summed E-state index contributed by atoms with van der Waals surface area (Å²) in [6, 6.07) is 1.34. The molecule has 0 N–H and O–H groups in total. The molecule has 0 fully saturated rings. The fourth-order valence-electron chi connectivity index (χ4n) is 3.10. The zero-order chi connectivity index (χ0) is 13.5. The van der Waals surface area contributed by atoms with Crippen molar-refractivity contribution >= 4 is 8.56 Å². The summed E-state index contributed by atoms with van der Waals surface area (Å²) in [5.41, 5.74) is 0. The van der Waals surface area contributed by atoms with Gasteiger partial charge in [0, 0.05) is 0 Å². The highest BCUT2D eigenvalue weighted by molar-refractivity contribution is 6.71. The van der Waals surface area contributed by atoms with Gasteiger partial charge in [0.1, 0.15) is 0 Å². The summed E-state index contributed by atoms with van der Waals surface area (Å²) in [6.45, 7) is 16.2. The molecule has 0 radical (unpaired) electrons. The highest BCUT2D eigenvalue weighted by Crippen LogP contribution is 2.24. The molecule has 0 aromatic heterocycles. The lowest BCUT2D eigenvalue weighted by atomic mass is 10.6. The Morgan fingerprint density at radius 2 is 1.06 bits per heavy atom. The minimum absolute atomic E-state index is 1.16. The van der Waals surface area contributed by atoms with Gasteiger partial charge in [-0.3, -0.25) is 9.13 Å². The maximum absolute atomic E-state index is 2.73. The van der Waals surface area contributed by atoms with E-state index in [2.05, 4.69) is 62.4 Å². The molecule has 0 atom stereocenters. The Kier molecular flexibility index (Phi) is 8.29. The van der Waals surface area contributed by atoms with Gasteiger partial charge in [0.2, 0.25) is 0 Å². The van der Waals surface area contributed by atoms with Crippen LogP contribution in [0.5, 0.6) is 0 Å². The second-order valence-corrected chi connectivity index (χ2v) is 8.97. The van der Waals surface area contributed by atoms with Crippen molar-refractivity contribution in [1.29, 1.82) is 0 Å². The molecular weight excluding hydrogens is 226 g/mol. The number of hydrogen-bond donors (Lipinski definition) is 0. The van der Waals surface area contributed by atoms with Gasteiger partial charge in [-0.15, -0.1) is 0 Å². The molecular formula is C13H33N3Si. The van der Waals surface area contributed by atoms with Gasteiger partial charge >= 0.3 is 0 Å². The fourth-order valence-corrected chi connectivity index (χ4v) is 8.41. The van der Waals surface area contributed by atoms with Crippen molar-refractivity contribution in [3.63, 3.8) is 0 Å². The first kappa shape index (κ1) is 17.1. The summed E-state index contributed by atoms with van der Waals surface area (Å²) in [5.74, 6) is 0. The Labute approximate surface area is 110 Å². The SMILES string of the molecule is CCC[Si](N(C)C)(N(CC)CC)N(CC)CC. The summed E-state index contributed by atoms with van der Waals surface area (Å²) in [7, 11) is 2.92. The first-order valence-corrected chi connectivity index (χ1v) is 9.27. The third-order valence-corrected chi connectivity index (χ3v) is 9.74. The Hall–Kier alpha value is 0.0969. The lowest BCUT2D eigenvalue weighted by Gasteiger charge is -2.51. The van der Waals surface area contributed by atoms with E-state index in [0.29, 0.717) is 0 Å². The molecule has 0 amide bonds. The number of rotatable bonds is 9. The highest BCUT2D eigenvalue weighted by atomic mass is 28.4. The van der Waals surface area contributed by atoms with E-state index in [1.165, 1.54) is 12.5 Å². The Morgan fingerprint density at radius 3 is 1.24 bits per heavy atom. The minimum atomic E-state index is -1.63. The molecule has 0 aromatic rings. The molecule has 0 saturated carbocycles. The van der Waals surface area contributed by atoms with Gasteiger partial charge in [-0.05, 0) is 46.3 Å². The van der Waals surface area contributed by atoms with E-state index in [0.717, 1.165) is 26.2 Å². The third kappa shape index (κ3) is 3.53. The van der Waals surface area contributed by atoms with Gasteiger partial charge in [-0.2, -0.15) is 0 Å². The predicted octanol–water partition coefficient (Wildman–Crippen LogP) is 2.58. The molecule has 104 valence electrons.